The van der Waals surface area contributed by atoms with Crippen LogP contribution in [0.2, 0.25) is 0 Å². The SMILES string of the molecule is CO[C@@H]1O[C@@]23C=C[C@@H]4[C@@]1(CC[C@]1(C)[C@@H]([C@H](C)C/C=C/C(C)(C)OC)CC[C@@]41C)[C@@H]2CC[C@H](O[C@@H]1O[C@H](CO)[C@@H](O)[C@@H](O)[C@H]1O)C3(C)C. The lowest BCUT2D eigenvalue weighted by molar-refractivity contribution is -0.331. The molecule has 47 heavy (non-hydrogen) atoms. The number of aliphatic hydroxyl groups excluding tert-OH is 4. The van der Waals surface area contributed by atoms with Crippen LogP contribution in [-0.2, 0) is 23.7 Å². The summed E-state index contributed by atoms with van der Waals surface area (Å²) in [5.41, 5.74) is -1.31. The predicted molar refractivity (Wildman–Crippen MR) is 177 cm³/mol. The smallest absolute Gasteiger partial charge is 0.186 e. The van der Waals surface area contributed by atoms with E-state index in [1.807, 2.05) is 0 Å². The van der Waals surface area contributed by atoms with Gasteiger partial charge in [0.15, 0.2) is 12.6 Å². The molecule has 2 bridgehead atoms. The van der Waals surface area contributed by atoms with Crippen molar-refractivity contribution in [3.63, 3.8) is 0 Å². The number of hydrogen-bond donors (Lipinski definition) is 4. The van der Waals surface area contributed by atoms with E-state index in [0.717, 1.165) is 32.1 Å². The Morgan fingerprint density at radius 3 is 2.34 bits per heavy atom. The number of fused-ring (bicyclic) bond motifs is 2. The van der Waals surface area contributed by atoms with E-state index in [4.69, 9.17) is 23.7 Å². The van der Waals surface area contributed by atoms with E-state index < -0.39 is 48.3 Å². The minimum Gasteiger partial charge on any atom is -0.394 e. The van der Waals surface area contributed by atoms with Crippen molar-refractivity contribution < 1.29 is 44.1 Å². The lowest BCUT2D eigenvalue weighted by Crippen LogP contribution is -2.66. The van der Waals surface area contributed by atoms with Gasteiger partial charge in [-0.3, -0.25) is 0 Å². The van der Waals surface area contributed by atoms with Crippen LogP contribution in [0.1, 0.15) is 93.4 Å². The number of methoxy groups -OCH3 is 2. The van der Waals surface area contributed by atoms with Crippen molar-refractivity contribution in [3.8, 4) is 0 Å². The maximum atomic E-state index is 10.8. The van der Waals surface area contributed by atoms with Gasteiger partial charge in [0.25, 0.3) is 0 Å². The van der Waals surface area contributed by atoms with Crippen LogP contribution in [0.15, 0.2) is 24.3 Å². The molecule has 2 saturated heterocycles. The molecule has 15 atom stereocenters. The summed E-state index contributed by atoms with van der Waals surface area (Å²) in [4.78, 5) is 0. The topological polar surface area (TPSA) is 127 Å². The molecule has 0 aromatic rings. The quantitative estimate of drug-likeness (QED) is 0.259. The van der Waals surface area contributed by atoms with Gasteiger partial charge in [-0.05, 0) is 87.4 Å². The van der Waals surface area contributed by atoms with Gasteiger partial charge in [0.05, 0.1) is 18.3 Å². The van der Waals surface area contributed by atoms with E-state index in [1.165, 1.54) is 12.8 Å². The summed E-state index contributed by atoms with van der Waals surface area (Å²) in [7, 11) is 3.56. The first kappa shape index (κ1) is 35.9. The summed E-state index contributed by atoms with van der Waals surface area (Å²) < 4.78 is 31.4. The van der Waals surface area contributed by atoms with Gasteiger partial charge in [-0.2, -0.15) is 0 Å². The first-order valence-corrected chi connectivity index (χ1v) is 18.1. The van der Waals surface area contributed by atoms with Gasteiger partial charge in [0.1, 0.15) is 30.0 Å². The van der Waals surface area contributed by atoms with E-state index in [2.05, 4.69) is 72.8 Å². The Labute approximate surface area is 282 Å². The highest BCUT2D eigenvalue weighted by Gasteiger charge is 2.78. The molecule has 5 fully saturated rings. The van der Waals surface area contributed by atoms with Crippen molar-refractivity contribution in [2.75, 3.05) is 20.8 Å². The molecule has 0 unspecified atom stereocenters. The van der Waals surface area contributed by atoms with E-state index in [1.54, 1.807) is 14.2 Å². The maximum Gasteiger partial charge on any atom is 0.186 e. The van der Waals surface area contributed by atoms with E-state index in [0.29, 0.717) is 17.8 Å². The van der Waals surface area contributed by atoms with Gasteiger partial charge in [-0.15, -0.1) is 0 Å². The van der Waals surface area contributed by atoms with Crippen molar-refractivity contribution >= 4 is 0 Å². The van der Waals surface area contributed by atoms with Crippen LogP contribution in [0.25, 0.3) is 0 Å². The first-order valence-electron chi connectivity index (χ1n) is 18.1. The first-order chi connectivity index (χ1) is 22.0. The second-order valence-corrected chi connectivity index (χ2v) is 17.5. The summed E-state index contributed by atoms with van der Waals surface area (Å²) in [6, 6.07) is 0. The molecule has 2 aliphatic heterocycles. The third kappa shape index (κ3) is 4.95. The number of ether oxygens (including phenoxy) is 5. The molecule has 268 valence electrons. The Kier molecular flexibility index (Phi) is 9.27. The van der Waals surface area contributed by atoms with Crippen molar-refractivity contribution in [2.45, 2.75) is 148 Å². The third-order valence-electron chi connectivity index (χ3n) is 15.0. The Balaban J connectivity index is 1.29. The van der Waals surface area contributed by atoms with E-state index in [9.17, 15) is 20.4 Å². The Morgan fingerprint density at radius 1 is 0.957 bits per heavy atom. The van der Waals surface area contributed by atoms with Gasteiger partial charge in [-0.1, -0.05) is 58.9 Å². The molecule has 4 aliphatic carbocycles. The largest absolute Gasteiger partial charge is 0.394 e. The van der Waals surface area contributed by atoms with Crippen LogP contribution < -0.4 is 0 Å². The normalized spacial score (nSPS) is 51.1. The Morgan fingerprint density at radius 2 is 1.68 bits per heavy atom. The lowest BCUT2D eigenvalue weighted by Gasteiger charge is -2.65. The summed E-state index contributed by atoms with van der Waals surface area (Å²) in [6.07, 6.45) is 9.34. The molecule has 3 saturated carbocycles. The van der Waals surface area contributed by atoms with Gasteiger partial charge in [-0.25, -0.2) is 0 Å². The minimum absolute atomic E-state index is 0.0979. The molecule has 4 N–H and O–H groups in total. The number of allylic oxidation sites excluding steroid dienone is 2. The molecule has 9 heteroatoms. The molecule has 9 nitrogen and oxygen atoms in total. The monoisotopic (exact) mass is 662 g/mol. The summed E-state index contributed by atoms with van der Waals surface area (Å²) >= 11 is 0. The average Bonchev–Trinajstić information content (AvgIpc) is 3.41. The highest BCUT2D eigenvalue weighted by atomic mass is 16.7. The van der Waals surface area contributed by atoms with Gasteiger partial charge in [0.2, 0.25) is 0 Å². The molecule has 2 heterocycles. The lowest BCUT2D eigenvalue weighted by atomic mass is 9.38. The van der Waals surface area contributed by atoms with Crippen molar-refractivity contribution in [1.82, 2.24) is 0 Å². The van der Waals surface area contributed by atoms with Crippen molar-refractivity contribution in [2.24, 2.45) is 45.3 Å². The molecule has 0 radical (unpaired) electrons. The molecule has 6 rings (SSSR count). The highest BCUT2D eigenvalue weighted by molar-refractivity contribution is 5.34. The molecular formula is C38H62O9. The zero-order chi connectivity index (χ0) is 34.4. The van der Waals surface area contributed by atoms with E-state index in [-0.39, 0.29) is 40.2 Å². The fraction of sp³-hybridized carbons (Fsp3) is 0.895. The van der Waals surface area contributed by atoms with Crippen LogP contribution in [0.3, 0.4) is 0 Å². The second kappa shape index (κ2) is 12.1. The zero-order valence-electron chi connectivity index (χ0n) is 30.1. The van der Waals surface area contributed by atoms with Crippen LogP contribution in [-0.4, -0.2) is 95.6 Å². The van der Waals surface area contributed by atoms with Gasteiger partial charge in [0, 0.05) is 31.0 Å². The molecule has 0 amide bonds. The van der Waals surface area contributed by atoms with Crippen LogP contribution in [0, 0.1) is 45.3 Å². The number of rotatable bonds is 9. The second-order valence-electron chi connectivity index (χ2n) is 17.5. The van der Waals surface area contributed by atoms with Gasteiger partial charge < -0.3 is 44.1 Å². The fourth-order valence-electron chi connectivity index (χ4n) is 11.9. The average molecular weight is 663 g/mol. The zero-order valence-corrected chi connectivity index (χ0v) is 30.1. The van der Waals surface area contributed by atoms with Crippen LogP contribution >= 0.6 is 0 Å². The van der Waals surface area contributed by atoms with E-state index >= 15 is 0 Å². The van der Waals surface area contributed by atoms with Crippen LogP contribution in [0.4, 0.5) is 0 Å². The molecule has 1 spiro atoms. The highest BCUT2D eigenvalue weighted by Crippen LogP contribution is 2.79. The molecular weight excluding hydrogens is 600 g/mol. The summed E-state index contributed by atoms with van der Waals surface area (Å²) in [6.45, 7) is 15.6. The minimum atomic E-state index is -1.48. The fourth-order valence-corrected chi connectivity index (χ4v) is 11.9. The third-order valence-corrected chi connectivity index (χ3v) is 15.0. The Hall–Kier alpha value is -0.880. The maximum absolute atomic E-state index is 10.8. The molecule has 0 aromatic heterocycles. The van der Waals surface area contributed by atoms with Gasteiger partial charge >= 0.3 is 0 Å². The summed E-state index contributed by atoms with van der Waals surface area (Å²) in [5, 5.41) is 41.3. The molecule has 6 aliphatic rings. The van der Waals surface area contributed by atoms with Crippen molar-refractivity contribution in [3.05, 3.63) is 24.3 Å². The van der Waals surface area contributed by atoms with Crippen LogP contribution in [0.5, 0.6) is 0 Å². The number of hydrogen-bond acceptors (Lipinski definition) is 9. The Bertz CT molecular complexity index is 1220. The van der Waals surface area contributed by atoms with Crippen molar-refractivity contribution in [1.29, 1.82) is 0 Å². The molecule has 0 aromatic carbocycles. The predicted octanol–water partition coefficient (Wildman–Crippen LogP) is 4.75. The summed E-state index contributed by atoms with van der Waals surface area (Å²) in [5.74, 6) is 1.75. The number of aliphatic hydroxyl groups is 4. The standard InChI is InChI=1S/C38H62O9/c1-22(11-10-16-33(2,3)44-9)23-14-17-36(7)25-15-18-38-26(37(25,32(43-8)47-38)20-19-35(23,36)6)12-13-27(34(38,4)5)46-31-30(42)29(41)28(40)24(21-39)45-31/h10,15-16,18,22-32,39-42H,11-14,17,19-21H2,1-9H3/b16-10+/t22-,23-,24-,25+,26+,27+,28-,29-,30-,31+,32-,35-,36+,37+,38+/m1/s1.